The molecule has 0 aliphatic rings. The summed E-state index contributed by atoms with van der Waals surface area (Å²) < 4.78 is 5.72. The van der Waals surface area contributed by atoms with Gasteiger partial charge in [0.05, 0.1) is 11.6 Å². The number of unbranched alkanes of at least 4 members (excludes halogenated alkanes) is 4. The summed E-state index contributed by atoms with van der Waals surface area (Å²) in [5.41, 5.74) is 1.26. The first-order chi connectivity index (χ1) is 8.65. The molecule has 0 amide bonds. The minimum absolute atomic E-state index is 0.505. The first-order valence-electron chi connectivity index (χ1n) is 7.07. The monoisotopic (exact) mass is 268 g/mol. The van der Waals surface area contributed by atoms with Crippen LogP contribution in [0.25, 0.3) is 0 Å². The van der Waals surface area contributed by atoms with Crippen molar-refractivity contribution in [3.63, 3.8) is 0 Å². The number of hydrogen-bond donors (Lipinski definition) is 0. The van der Waals surface area contributed by atoms with Crippen LogP contribution < -0.4 is 4.74 Å². The van der Waals surface area contributed by atoms with Crippen molar-refractivity contribution in [1.29, 1.82) is 0 Å². The summed E-state index contributed by atoms with van der Waals surface area (Å²) >= 11 is 6.21. The average molecular weight is 269 g/mol. The van der Waals surface area contributed by atoms with Crippen LogP contribution in [-0.4, -0.2) is 6.61 Å². The van der Waals surface area contributed by atoms with Crippen molar-refractivity contribution in [2.75, 3.05) is 6.61 Å². The SMILES string of the molecule is CCCCCCCOc1ccc(C(C)C)cc1Cl. The standard InChI is InChI=1S/C16H25ClO/c1-4-5-6-7-8-11-18-16-10-9-14(13(2)3)12-15(16)17/h9-10,12-13H,4-8,11H2,1-3H3. The minimum atomic E-state index is 0.505. The second kappa shape index (κ2) is 8.42. The lowest BCUT2D eigenvalue weighted by Crippen LogP contribution is -1.98. The van der Waals surface area contributed by atoms with Gasteiger partial charge in [-0.1, -0.05) is 64.1 Å². The van der Waals surface area contributed by atoms with E-state index in [4.69, 9.17) is 16.3 Å². The van der Waals surface area contributed by atoms with Gasteiger partial charge in [-0.3, -0.25) is 0 Å². The molecule has 0 spiro atoms. The molecule has 0 aromatic heterocycles. The molecule has 0 aliphatic heterocycles. The molecule has 0 bridgehead atoms. The van der Waals surface area contributed by atoms with Crippen LogP contribution in [0.4, 0.5) is 0 Å². The van der Waals surface area contributed by atoms with Crippen molar-refractivity contribution >= 4 is 11.6 Å². The molecule has 102 valence electrons. The maximum absolute atomic E-state index is 6.21. The van der Waals surface area contributed by atoms with Crippen molar-refractivity contribution < 1.29 is 4.74 Å². The third kappa shape index (κ3) is 5.30. The Morgan fingerprint density at radius 3 is 2.44 bits per heavy atom. The first kappa shape index (κ1) is 15.4. The van der Waals surface area contributed by atoms with E-state index >= 15 is 0 Å². The fourth-order valence-electron chi connectivity index (χ4n) is 1.88. The van der Waals surface area contributed by atoms with Gasteiger partial charge in [0.2, 0.25) is 0 Å². The van der Waals surface area contributed by atoms with E-state index in [-0.39, 0.29) is 0 Å². The summed E-state index contributed by atoms with van der Waals surface area (Å²) in [6, 6.07) is 6.10. The number of halogens is 1. The van der Waals surface area contributed by atoms with Crippen LogP contribution in [0.5, 0.6) is 5.75 Å². The fraction of sp³-hybridized carbons (Fsp3) is 0.625. The molecule has 0 aliphatic carbocycles. The molecule has 2 heteroatoms. The lowest BCUT2D eigenvalue weighted by molar-refractivity contribution is 0.304. The normalized spacial score (nSPS) is 10.9. The Morgan fingerprint density at radius 1 is 1.11 bits per heavy atom. The molecule has 1 aromatic carbocycles. The van der Waals surface area contributed by atoms with E-state index in [1.165, 1.54) is 31.2 Å². The molecule has 1 rings (SSSR count). The van der Waals surface area contributed by atoms with Gasteiger partial charge in [-0.25, -0.2) is 0 Å². The van der Waals surface area contributed by atoms with E-state index in [0.717, 1.165) is 23.8 Å². The van der Waals surface area contributed by atoms with Crippen LogP contribution in [0, 0.1) is 0 Å². The Balaban J connectivity index is 2.34. The molecular weight excluding hydrogens is 244 g/mol. The third-order valence-electron chi connectivity index (χ3n) is 3.13. The van der Waals surface area contributed by atoms with Crippen molar-refractivity contribution in [3.8, 4) is 5.75 Å². The molecule has 0 fully saturated rings. The van der Waals surface area contributed by atoms with E-state index in [9.17, 15) is 0 Å². The Labute approximate surface area is 116 Å². The largest absolute Gasteiger partial charge is 0.492 e. The lowest BCUT2D eigenvalue weighted by atomic mass is 10.0. The molecule has 0 saturated heterocycles. The third-order valence-corrected chi connectivity index (χ3v) is 3.42. The highest BCUT2D eigenvalue weighted by atomic mass is 35.5. The summed E-state index contributed by atoms with van der Waals surface area (Å²) in [5.74, 6) is 1.32. The number of benzene rings is 1. The van der Waals surface area contributed by atoms with Gasteiger partial charge in [-0.2, -0.15) is 0 Å². The van der Waals surface area contributed by atoms with Crippen molar-refractivity contribution in [2.45, 2.75) is 58.8 Å². The van der Waals surface area contributed by atoms with Crippen LogP contribution in [0.3, 0.4) is 0 Å². The number of ether oxygens (including phenoxy) is 1. The Morgan fingerprint density at radius 2 is 1.83 bits per heavy atom. The van der Waals surface area contributed by atoms with Crippen LogP contribution in [0.2, 0.25) is 5.02 Å². The summed E-state index contributed by atoms with van der Waals surface area (Å²) in [6.07, 6.45) is 6.27. The van der Waals surface area contributed by atoms with Gasteiger partial charge in [0.1, 0.15) is 5.75 Å². The minimum Gasteiger partial charge on any atom is -0.492 e. The van der Waals surface area contributed by atoms with Gasteiger partial charge < -0.3 is 4.74 Å². The molecular formula is C16H25ClO. The van der Waals surface area contributed by atoms with Crippen LogP contribution in [0.15, 0.2) is 18.2 Å². The molecule has 1 nitrogen and oxygen atoms in total. The second-order valence-electron chi connectivity index (χ2n) is 5.11. The smallest absolute Gasteiger partial charge is 0.137 e. The predicted octanol–water partition coefficient (Wildman–Crippen LogP) is 5.81. The quantitative estimate of drug-likeness (QED) is 0.540. The second-order valence-corrected chi connectivity index (χ2v) is 5.51. The zero-order chi connectivity index (χ0) is 13.4. The summed E-state index contributed by atoms with van der Waals surface area (Å²) in [7, 11) is 0. The molecule has 0 atom stereocenters. The van der Waals surface area contributed by atoms with E-state index in [1.54, 1.807) is 0 Å². The molecule has 18 heavy (non-hydrogen) atoms. The van der Waals surface area contributed by atoms with Crippen molar-refractivity contribution in [1.82, 2.24) is 0 Å². The van der Waals surface area contributed by atoms with E-state index in [2.05, 4.69) is 26.8 Å². The average Bonchev–Trinajstić information content (AvgIpc) is 2.35. The zero-order valence-electron chi connectivity index (χ0n) is 11.8. The molecule has 0 N–H and O–H groups in total. The maximum Gasteiger partial charge on any atom is 0.137 e. The lowest BCUT2D eigenvalue weighted by Gasteiger charge is -2.11. The predicted molar refractivity (Wildman–Crippen MR) is 79.8 cm³/mol. The van der Waals surface area contributed by atoms with E-state index in [1.807, 2.05) is 12.1 Å². The first-order valence-corrected chi connectivity index (χ1v) is 7.45. The van der Waals surface area contributed by atoms with Crippen LogP contribution in [0.1, 0.15) is 64.4 Å². The Kier molecular flexibility index (Phi) is 7.19. The molecule has 1 aromatic rings. The van der Waals surface area contributed by atoms with Gasteiger partial charge in [-0.05, 0) is 30.0 Å². The van der Waals surface area contributed by atoms with Crippen molar-refractivity contribution in [3.05, 3.63) is 28.8 Å². The van der Waals surface area contributed by atoms with Gasteiger partial charge in [0.25, 0.3) is 0 Å². The molecule has 0 radical (unpaired) electrons. The summed E-state index contributed by atoms with van der Waals surface area (Å²) in [4.78, 5) is 0. The Bertz CT molecular complexity index is 347. The van der Waals surface area contributed by atoms with Crippen LogP contribution >= 0.6 is 11.6 Å². The maximum atomic E-state index is 6.21. The molecule has 0 saturated carbocycles. The highest BCUT2D eigenvalue weighted by Crippen LogP contribution is 2.28. The highest BCUT2D eigenvalue weighted by molar-refractivity contribution is 6.32. The fourth-order valence-corrected chi connectivity index (χ4v) is 2.12. The Hall–Kier alpha value is -0.690. The van der Waals surface area contributed by atoms with Crippen LogP contribution in [-0.2, 0) is 0 Å². The van der Waals surface area contributed by atoms with Gasteiger partial charge in [-0.15, -0.1) is 0 Å². The summed E-state index contributed by atoms with van der Waals surface area (Å²) in [6.45, 7) is 7.33. The van der Waals surface area contributed by atoms with Gasteiger partial charge >= 0.3 is 0 Å². The van der Waals surface area contributed by atoms with Crippen molar-refractivity contribution in [2.24, 2.45) is 0 Å². The van der Waals surface area contributed by atoms with E-state index < -0.39 is 0 Å². The topological polar surface area (TPSA) is 9.23 Å². The number of hydrogen-bond acceptors (Lipinski definition) is 1. The summed E-state index contributed by atoms with van der Waals surface area (Å²) in [5, 5.41) is 0.731. The van der Waals surface area contributed by atoms with E-state index in [0.29, 0.717) is 5.92 Å². The molecule has 0 heterocycles. The van der Waals surface area contributed by atoms with Gasteiger partial charge in [0.15, 0.2) is 0 Å². The number of rotatable bonds is 8. The zero-order valence-corrected chi connectivity index (χ0v) is 12.6. The molecule has 0 unspecified atom stereocenters. The van der Waals surface area contributed by atoms with Gasteiger partial charge in [0, 0.05) is 0 Å². The highest BCUT2D eigenvalue weighted by Gasteiger charge is 2.05.